The van der Waals surface area contributed by atoms with Crippen molar-refractivity contribution < 1.29 is 4.90 Å². The fourth-order valence-electron chi connectivity index (χ4n) is 0.158. The van der Waals surface area contributed by atoms with E-state index in [9.17, 15) is 0 Å². The number of quaternary nitrogens is 1. The molecule has 0 radical (unpaired) electrons. The zero-order chi connectivity index (χ0) is 4.99. The zero-order valence-electron chi connectivity index (χ0n) is 4.15. The third kappa shape index (κ3) is 3.45. The second kappa shape index (κ2) is 2.67. The zero-order valence-corrected chi connectivity index (χ0v) is 4.15. The standard InChI is InChI=1S/C4H8N2/c1-6(2)4-3-5/h4H2,1-2H3/p+1. The van der Waals surface area contributed by atoms with Crippen LogP contribution in [0.3, 0.4) is 0 Å². The average Bonchev–Trinajstić information content (AvgIpc) is 1.35. The Bertz CT molecular complexity index is 60.4. The number of hydrogen-bond donors (Lipinski definition) is 1. The van der Waals surface area contributed by atoms with Crippen molar-refractivity contribution in [2.45, 2.75) is 0 Å². The smallest absolute Gasteiger partial charge is 0.164 e. The van der Waals surface area contributed by atoms with Crippen LogP contribution in [-0.4, -0.2) is 20.6 Å². The molecule has 2 nitrogen and oxygen atoms in total. The Morgan fingerprint density at radius 3 is 2.17 bits per heavy atom. The van der Waals surface area contributed by atoms with Crippen molar-refractivity contribution in [3.63, 3.8) is 0 Å². The van der Waals surface area contributed by atoms with E-state index in [4.69, 9.17) is 5.26 Å². The Morgan fingerprint density at radius 1 is 1.67 bits per heavy atom. The largest absolute Gasteiger partial charge is 0.328 e. The molecular weight excluding hydrogens is 76.1 g/mol. The molecule has 0 amide bonds. The van der Waals surface area contributed by atoms with Crippen LogP contribution in [0.5, 0.6) is 0 Å². The van der Waals surface area contributed by atoms with Crippen LogP contribution < -0.4 is 4.90 Å². The van der Waals surface area contributed by atoms with Crippen molar-refractivity contribution in [1.82, 2.24) is 0 Å². The summed E-state index contributed by atoms with van der Waals surface area (Å²) in [5.74, 6) is 0. The molecule has 0 aromatic rings. The number of nitrogens with zero attached hydrogens (tertiary/aromatic N) is 1. The van der Waals surface area contributed by atoms with Crippen molar-refractivity contribution in [2.24, 2.45) is 0 Å². The Morgan fingerprint density at radius 2 is 2.17 bits per heavy atom. The average molecular weight is 85.1 g/mol. The Hall–Kier alpha value is -0.550. The molecule has 0 rings (SSSR count). The Balaban J connectivity index is 2.88. The van der Waals surface area contributed by atoms with Gasteiger partial charge in [-0.1, -0.05) is 0 Å². The van der Waals surface area contributed by atoms with Crippen molar-refractivity contribution in [1.29, 1.82) is 5.26 Å². The molecule has 0 aliphatic carbocycles. The van der Waals surface area contributed by atoms with Gasteiger partial charge in [-0.25, -0.2) is 0 Å². The van der Waals surface area contributed by atoms with Crippen LogP contribution in [0.25, 0.3) is 0 Å². The van der Waals surface area contributed by atoms with Gasteiger partial charge in [0.1, 0.15) is 6.07 Å². The lowest BCUT2D eigenvalue weighted by Crippen LogP contribution is -3.05. The molecular formula is C4H9N2+. The van der Waals surface area contributed by atoms with Crippen LogP contribution >= 0.6 is 0 Å². The summed E-state index contributed by atoms with van der Waals surface area (Å²) < 4.78 is 0. The van der Waals surface area contributed by atoms with Crippen molar-refractivity contribution in [3.05, 3.63) is 0 Å². The molecule has 0 unspecified atom stereocenters. The summed E-state index contributed by atoms with van der Waals surface area (Å²) in [6.45, 7) is 0.597. The second-order valence-electron chi connectivity index (χ2n) is 1.54. The van der Waals surface area contributed by atoms with Gasteiger partial charge >= 0.3 is 0 Å². The minimum Gasteiger partial charge on any atom is -0.328 e. The quantitative estimate of drug-likeness (QED) is 0.392. The molecule has 0 saturated carbocycles. The summed E-state index contributed by atoms with van der Waals surface area (Å²) in [5.41, 5.74) is 0. The molecule has 1 N–H and O–H groups in total. The van der Waals surface area contributed by atoms with Gasteiger partial charge in [0.25, 0.3) is 0 Å². The molecule has 0 bridgehead atoms. The van der Waals surface area contributed by atoms with Gasteiger partial charge < -0.3 is 4.90 Å². The van der Waals surface area contributed by atoms with E-state index in [2.05, 4.69) is 0 Å². The number of hydrogen-bond acceptors (Lipinski definition) is 1. The van der Waals surface area contributed by atoms with Gasteiger partial charge in [-0.2, -0.15) is 5.26 Å². The highest BCUT2D eigenvalue weighted by molar-refractivity contribution is 4.63. The van der Waals surface area contributed by atoms with Gasteiger partial charge in [0.05, 0.1) is 14.1 Å². The van der Waals surface area contributed by atoms with Crippen LogP contribution in [0.1, 0.15) is 0 Å². The van der Waals surface area contributed by atoms with Crippen LogP contribution in [0.4, 0.5) is 0 Å². The van der Waals surface area contributed by atoms with Crippen LogP contribution in [-0.2, 0) is 0 Å². The molecule has 0 atom stereocenters. The van der Waals surface area contributed by atoms with E-state index in [-0.39, 0.29) is 0 Å². The van der Waals surface area contributed by atoms with E-state index in [1.54, 1.807) is 0 Å². The van der Waals surface area contributed by atoms with E-state index >= 15 is 0 Å². The monoisotopic (exact) mass is 85.1 g/mol. The van der Waals surface area contributed by atoms with E-state index in [1.165, 1.54) is 4.90 Å². The first kappa shape index (κ1) is 5.45. The van der Waals surface area contributed by atoms with Crippen LogP contribution in [0, 0.1) is 11.3 Å². The Labute approximate surface area is 38.0 Å². The summed E-state index contributed by atoms with van der Waals surface area (Å²) in [7, 11) is 3.90. The fourth-order valence-corrected chi connectivity index (χ4v) is 0.158. The summed E-state index contributed by atoms with van der Waals surface area (Å²) in [6, 6.07) is 2.03. The first-order chi connectivity index (χ1) is 2.77. The molecule has 2 heteroatoms. The second-order valence-corrected chi connectivity index (χ2v) is 1.54. The predicted octanol–water partition coefficient (Wildman–Crippen LogP) is -1.35. The molecule has 0 fully saturated rings. The molecule has 34 valence electrons. The maximum Gasteiger partial charge on any atom is 0.164 e. The topological polar surface area (TPSA) is 28.2 Å². The first-order valence-corrected chi connectivity index (χ1v) is 1.93. The lowest BCUT2D eigenvalue weighted by molar-refractivity contribution is -0.850. The molecule has 0 spiro atoms. The minimum atomic E-state index is 0.597. The Kier molecular flexibility index (Phi) is 2.43. The van der Waals surface area contributed by atoms with Crippen molar-refractivity contribution in [3.8, 4) is 6.07 Å². The molecule has 0 aromatic carbocycles. The molecule has 0 aliphatic heterocycles. The van der Waals surface area contributed by atoms with Crippen LogP contribution in [0.2, 0.25) is 0 Å². The van der Waals surface area contributed by atoms with Crippen molar-refractivity contribution >= 4 is 0 Å². The van der Waals surface area contributed by atoms with E-state index in [1.807, 2.05) is 20.2 Å². The third-order valence-electron chi connectivity index (χ3n) is 0.433. The number of rotatable bonds is 1. The van der Waals surface area contributed by atoms with Gasteiger partial charge in [-0.15, -0.1) is 0 Å². The molecule has 0 aliphatic rings. The third-order valence-corrected chi connectivity index (χ3v) is 0.433. The maximum absolute atomic E-state index is 7.97. The van der Waals surface area contributed by atoms with E-state index < -0.39 is 0 Å². The number of nitriles is 1. The fraction of sp³-hybridized carbons (Fsp3) is 0.750. The minimum absolute atomic E-state index is 0.597. The summed E-state index contributed by atoms with van der Waals surface area (Å²) in [5, 5.41) is 7.97. The maximum atomic E-state index is 7.97. The summed E-state index contributed by atoms with van der Waals surface area (Å²) in [4.78, 5) is 1.18. The highest BCUT2D eigenvalue weighted by Crippen LogP contribution is 1.29. The lowest BCUT2D eigenvalue weighted by Gasteiger charge is -1.95. The summed E-state index contributed by atoms with van der Waals surface area (Å²) in [6.07, 6.45) is 0. The van der Waals surface area contributed by atoms with Gasteiger partial charge in [-0.3, -0.25) is 0 Å². The molecule has 0 heterocycles. The first-order valence-electron chi connectivity index (χ1n) is 1.93. The molecule has 0 saturated heterocycles. The highest BCUT2D eigenvalue weighted by atomic mass is 15.0. The van der Waals surface area contributed by atoms with Crippen molar-refractivity contribution in [2.75, 3.05) is 20.6 Å². The van der Waals surface area contributed by atoms with Gasteiger partial charge in [0.2, 0.25) is 0 Å². The van der Waals surface area contributed by atoms with Gasteiger partial charge in [0.15, 0.2) is 6.54 Å². The normalized spacial score (nSPS) is 8.33. The SMILES string of the molecule is C[NH+](C)CC#N. The summed E-state index contributed by atoms with van der Waals surface area (Å²) >= 11 is 0. The molecule has 0 aromatic heterocycles. The van der Waals surface area contributed by atoms with Gasteiger partial charge in [0, 0.05) is 0 Å². The lowest BCUT2D eigenvalue weighted by atomic mass is 10.7. The van der Waals surface area contributed by atoms with Gasteiger partial charge in [-0.05, 0) is 0 Å². The van der Waals surface area contributed by atoms with Crippen LogP contribution in [0.15, 0.2) is 0 Å². The van der Waals surface area contributed by atoms with E-state index in [0.29, 0.717) is 6.54 Å². The highest BCUT2D eigenvalue weighted by Gasteiger charge is 1.82. The van der Waals surface area contributed by atoms with E-state index in [0.717, 1.165) is 0 Å². The molecule has 6 heavy (non-hydrogen) atoms. The number of nitrogens with one attached hydrogen (secondary N) is 1. The predicted molar refractivity (Wildman–Crippen MR) is 23.3 cm³/mol.